The molecule has 3 heterocycles. The maximum absolute atomic E-state index is 13.5. The van der Waals surface area contributed by atoms with Gasteiger partial charge in [-0.1, -0.05) is 29.7 Å². The minimum Gasteiger partial charge on any atom is -0.494 e. The second kappa shape index (κ2) is 10.1. The van der Waals surface area contributed by atoms with Crippen molar-refractivity contribution in [2.75, 3.05) is 18.9 Å². The van der Waals surface area contributed by atoms with E-state index >= 15 is 0 Å². The summed E-state index contributed by atoms with van der Waals surface area (Å²) >= 11 is 5.87. The van der Waals surface area contributed by atoms with Crippen molar-refractivity contribution in [1.82, 2.24) is 29.9 Å². The van der Waals surface area contributed by atoms with Gasteiger partial charge in [-0.3, -0.25) is 9.29 Å². The lowest BCUT2D eigenvalue weighted by Crippen LogP contribution is -2.31. The van der Waals surface area contributed by atoms with E-state index in [0.717, 1.165) is 0 Å². The normalized spacial score (nSPS) is 13.3. The van der Waals surface area contributed by atoms with Crippen LogP contribution in [0, 0.1) is 6.92 Å². The fourth-order valence-electron chi connectivity index (χ4n) is 3.51. The summed E-state index contributed by atoms with van der Waals surface area (Å²) in [6.45, 7) is 4.99. The van der Waals surface area contributed by atoms with Gasteiger partial charge in [-0.15, -0.1) is 10.2 Å². The Morgan fingerprint density at radius 3 is 2.28 bits per heavy atom. The fourth-order valence-corrected chi connectivity index (χ4v) is 4.84. The number of hydrogen-bond acceptors (Lipinski definition) is 10. The Balaban J connectivity index is 1.81. The highest BCUT2D eigenvalue weighted by Gasteiger charge is 2.32. The number of nitrogens with one attached hydrogen (secondary N) is 1. The molecular weight excluding hydrogens is 510 g/mol. The molecular formula is C22H24ClN7O5S. The van der Waals surface area contributed by atoms with Crippen molar-refractivity contribution in [1.29, 1.82) is 0 Å². The van der Waals surface area contributed by atoms with E-state index in [2.05, 4.69) is 30.0 Å². The Labute approximate surface area is 212 Å². The van der Waals surface area contributed by atoms with Crippen LogP contribution in [0.2, 0.25) is 5.02 Å². The van der Waals surface area contributed by atoms with Gasteiger partial charge in [0.05, 0.1) is 24.5 Å². The van der Waals surface area contributed by atoms with Crippen LogP contribution in [0.4, 0.5) is 5.95 Å². The molecule has 0 aliphatic rings. The van der Waals surface area contributed by atoms with Crippen LogP contribution in [0.3, 0.4) is 0 Å². The summed E-state index contributed by atoms with van der Waals surface area (Å²) < 4.78 is 47.2. The van der Waals surface area contributed by atoms with E-state index in [1.54, 1.807) is 45.0 Å². The van der Waals surface area contributed by atoms with E-state index in [1.807, 2.05) is 0 Å². The first-order valence-electron chi connectivity index (χ1n) is 10.8. The van der Waals surface area contributed by atoms with Gasteiger partial charge >= 0.3 is 0 Å². The first-order chi connectivity index (χ1) is 17.2. The quantitative estimate of drug-likeness (QED) is 0.338. The van der Waals surface area contributed by atoms with Crippen molar-refractivity contribution in [3.05, 3.63) is 53.3 Å². The number of hydrogen-bond donors (Lipinski definition) is 1. The van der Waals surface area contributed by atoms with E-state index in [9.17, 15) is 8.42 Å². The molecule has 2 atom stereocenters. The Hall–Kier alpha value is -3.71. The number of methoxy groups -OCH3 is 2. The van der Waals surface area contributed by atoms with Crippen molar-refractivity contribution < 1.29 is 22.4 Å². The third-order valence-corrected chi connectivity index (χ3v) is 7.67. The number of para-hydroxylation sites is 1. The molecule has 3 aromatic heterocycles. The predicted octanol–water partition coefficient (Wildman–Crippen LogP) is 3.63. The SMILES string of the molecule is COc1cccc(OC)c1-n1c(NS(=O)(=O)[C@@H](C)[C@H](C)c2ncc(Cl)cn2)nnc1-c1cc(C)on1. The molecule has 14 heteroatoms. The van der Waals surface area contributed by atoms with Crippen molar-refractivity contribution in [3.8, 4) is 28.7 Å². The minimum atomic E-state index is -4.02. The molecule has 1 aromatic carbocycles. The van der Waals surface area contributed by atoms with Crippen LogP contribution in [0.5, 0.6) is 11.5 Å². The Morgan fingerprint density at radius 2 is 1.72 bits per heavy atom. The number of ether oxygens (including phenoxy) is 2. The van der Waals surface area contributed by atoms with Gasteiger partial charge in [0.1, 0.15) is 28.8 Å². The maximum atomic E-state index is 13.5. The highest BCUT2D eigenvalue weighted by Crippen LogP contribution is 2.38. The summed E-state index contributed by atoms with van der Waals surface area (Å²) in [5.41, 5.74) is 0.719. The topological polar surface area (TPSA) is 147 Å². The maximum Gasteiger partial charge on any atom is 0.243 e. The Kier molecular flexibility index (Phi) is 7.13. The van der Waals surface area contributed by atoms with Crippen LogP contribution >= 0.6 is 11.6 Å². The molecule has 0 bridgehead atoms. The standard InChI is InChI=1S/C22H24ClN7O5S/c1-12-9-16(28-35-12)21-26-27-22(30(21)19-17(33-4)7-6-8-18(19)34-5)29-36(31,32)14(3)13(2)20-24-10-15(23)11-25-20/h6-11,13-14H,1-5H3,(H,27,29)/t13-,14-/m0/s1. The first-order valence-corrected chi connectivity index (χ1v) is 12.7. The van der Waals surface area contributed by atoms with E-state index < -0.39 is 21.2 Å². The molecule has 0 aliphatic carbocycles. The third kappa shape index (κ3) is 4.84. The summed E-state index contributed by atoms with van der Waals surface area (Å²) in [6.07, 6.45) is 2.84. The number of benzene rings is 1. The molecule has 36 heavy (non-hydrogen) atoms. The second-order valence-electron chi connectivity index (χ2n) is 7.92. The summed E-state index contributed by atoms with van der Waals surface area (Å²) in [5, 5.41) is 11.7. The zero-order valence-corrected chi connectivity index (χ0v) is 21.7. The molecule has 0 radical (unpaired) electrons. The van der Waals surface area contributed by atoms with Crippen LogP contribution in [0.15, 0.2) is 41.2 Å². The van der Waals surface area contributed by atoms with Crippen molar-refractivity contribution in [2.24, 2.45) is 0 Å². The van der Waals surface area contributed by atoms with E-state index in [4.69, 9.17) is 25.6 Å². The van der Waals surface area contributed by atoms with Crippen LogP contribution in [0.1, 0.15) is 31.4 Å². The Morgan fingerprint density at radius 1 is 1.08 bits per heavy atom. The number of aromatic nitrogens is 6. The lowest BCUT2D eigenvalue weighted by molar-refractivity contribution is 0.390. The monoisotopic (exact) mass is 533 g/mol. The molecule has 0 unspecified atom stereocenters. The van der Waals surface area contributed by atoms with E-state index in [1.165, 1.54) is 31.2 Å². The zero-order valence-electron chi connectivity index (χ0n) is 20.1. The van der Waals surface area contributed by atoms with Gasteiger partial charge in [0.15, 0.2) is 11.5 Å². The molecule has 0 spiro atoms. The molecule has 0 saturated carbocycles. The molecule has 0 fully saturated rings. The van der Waals surface area contributed by atoms with Gasteiger partial charge in [0, 0.05) is 24.4 Å². The van der Waals surface area contributed by atoms with Gasteiger partial charge in [-0.05, 0) is 26.0 Å². The predicted molar refractivity (Wildman–Crippen MR) is 132 cm³/mol. The van der Waals surface area contributed by atoms with Gasteiger partial charge in [-0.2, -0.15) is 0 Å². The molecule has 0 aliphatic heterocycles. The van der Waals surface area contributed by atoms with Gasteiger partial charge in [0.2, 0.25) is 16.0 Å². The van der Waals surface area contributed by atoms with E-state index in [0.29, 0.717) is 39.5 Å². The average molecular weight is 534 g/mol. The number of aryl methyl sites for hydroxylation is 1. The molecule has 4 rings (SSSR count). The lowest BCUT2D eigenvalue weighted by atomic mass is 10.1. The van der Waals surface area contributed by atoms with Crippen LogP contribution < -0.4 is 14.2 Å². The second-order valence-corrected chi connectivity index (χ2v) is 10.4. The van der Waals surface area contributed by atoms with Crippen LogP contribution in [0.25, 0.3) is 17.2 Å². The third-order valence-electron chi connectivity index (χ3n) is 5.62. The van der Waals surface area contributed by atoms with Crippen molar-refractivity contribution in [2.45, 2.75) is 31.9 Å². The first kappa shape index (κ1) is 25.4. The Bertz CT molecular complexity index is 1450. The average Bonchev–Trinajstić information content (AvgIpc) is 3.48. The van der Waals surface area contributed by atoms with Crippen molar-refractivity contribution in [3.63, 3.8) is 0 Å². The molecule has 4 aromatic rings. The lowest BCUT2D eigenvalue weighted by Gasteiger charge is -2.21. The van der Waals surface area contributed by atoms with Crippen LogP contribution in [-0.4, -0.2) is 57.8 Å². The fraction of sp³-hybridized carbons (Fsp3) is 0.318. The highest BCUT2D eigenvalue weighted by molar-refractivity contribution is 7.93. The molecule has 0 saturated heterocycles. The number of halogens is 1. The summed E-state index contributed by atoms with van der Waals surface area (Å²) in [7, 11) is -1.04. The largest absolute Gasteiger partial charge is 0.494 e. The number of anilines is 1. The number of sulfonamides is 1. The smallest absolute Gasteiger partial charge is 0.243 e. The van der Waals surface area contributed by atoms with Crippen molar-refractivity contribution >= 4 is 27.6 Å². The number of nitrogens with zero attached hydrogens (tertiary/aromatic N) is 6. The summed E-state index contributed by atoms with van der Waals surface area (Å²) in [4.78, 5) is 8.31. The van der Waals surface area contributed by atoms with Gasteiger partial charge in [0.25, 0.3) is 0 Å². The molecule has 12 nitrogen and oxygen atoms in total. The van der Waals surface area contributed by atoms with E-state index in [-0.39, 0.29) is 11.8 Å². The minimum absolute atomic E-state index is 0.0930. The molecule has 0 amide bonds. The van der Waals surface area contributed by atoms with Gasteiger partial charge < -0.3 is 14.0 Å². The highest BCUT2D eigenvalue weighted by atomic mass is 35.5. The number of rotatable bonds is 9. The van der Waals surface area contributed by atoms with Gasteiger partial charge in [-0.25, -0.2) is 18.4 Å². The molecule has 190 valence electrons. The summed E-state index contributed by atoms with van der Waals surface area (Å²) in [6, 6.07) is 6.81. The summed E-state index contributed by atoms with van der Waals surface area (Å²) in [5.74, 6) is 1.23. The zero-order chi connectivity index (χ0) is 26.0. The van der Waals surface area contributed by atoms with Crippen LogP contribution in [-0.2, 0) is 10.0 Å². The molecule has 1 N–H and O–H groups in total.